The third kappa shape index (κ3) is 4.52. The Balaban J connectivity index is 1.81. The number of benzene rings is 2. The molecule has 7 heteroatoms. The number of hydrogen-bond donors (Lipinski definition) is 2. The maximum atomic E-state index is 11.5. The molecule has 3 amide bonds. The Hall–Kier alpha value is -3.06. The van der Waals surface area contributed by atoms with Crippen molar-refractivity contribution in [3.63, 3.8) is 0 Å². The van der Waals surface area contributed by atoms with Gasteiger partial charge in [-0.2, -0.15) is 0 Å². The van der Waals surface area contributed by atoms with E-state index in [1.807, 2.05) is 66.0 Å². The molecule has 3 rings (SSSR count). The van der Waals surface area contributed by atoms with Crippen LogP contribution in [-0.4, -0.2) is 22.7 Å². The molecule has 0 aliphatic rings. The molecule has 1 aromatic heterocycles. The topological polar surface area (TPSA) is 98.2 Å². The summed E-state index contributed by atoms with van der Waals surface area (Å²) >= 11 is 1.31. The van der Waals surface area contributed by atoms with E-state index in [0.717, 1.165) is 16.8 Å². The summed E-state index contributed by atoms with van der Waals surface area (Å²) in [6.45, 7) is 0. The molecule has 1 heterocycles. The molecule has 0 saturated heterocycles. The number of nitrogens with two attached hydrogens (primary N) is 1. The molecule has 0 unspecified atom stereocenters. The highest BCUT2D eigenvalue weighted by molar-refractivity contribution is 7.99. The summed E-state index contributed by atoms with van der Waals surface area (Å²) in [5.41, 5.74) is 7.55. The molecule has 0 aliphatic carbocycles. The molecule has 132 valence electrons. The number of nitrogens with zero attached hydrogens (tertiary/aromatic N) is 1. The number of rotatable bonds is 6. The predicted octanol–water partition coefficient (Wildman–Crippen LogP) is 3.69. The number of thioether (sulfide) groups is 1. The molecule has 0 bridgehead atoms. The van der Waals surface area contributed by atoms with E-state index in [9.17, 15) is 9.59 Å². The van der Waals surface area contributed by atoms with Crippen LogP contribution in [0.15, 0.2) is 70.3 Å². The zero-order valence-electron chi connectivity index (χ0n) is 13.8. The van der Waals surface area contributed by atoms with Gasteiger partial charge in [0.2, 0.25) is 5.91 Å². The zero-order valence-corrected chi connectivity index (χ0v) is 14.7. The van der Waals surface area contributed by atoms with Crippen molar-refractivity contribution in [3.05, 3.63) is 60.7 Å². The number of primary amides is 1. The summed E-state index contributed by atoms with van der Waals surface area (Å²) in [6.07, 6.45) is 0.136. The number of amides is 3. The lowest BCUT2D eigenvalue weighted by molar-refractivity contribution is -0.119. The number of carbonyl (C=O) groups is 2. The van der Waals surface area contributed by atoms with Crippen LogP contribution in [0, 0.1) is 0 Å². The van der Waals surface area contributed by atoms with Crippen LogP contribution in [-0.2, 0) is 4.79 Å². The number of aromatic nitrogens is 1. The van der Waals surface area contributed by atoms with Gasteiger partial charge in [0.1, 0.15) is 5.69 Å². The fourth-order valence-corrected chi connectivity index (χ4v) is 3.13. The first kappa shape index (κ1) is 17.8. The highest BCUT2D eigenvalue weighted by atomic mass is 32.2. The first-order valence-electron chi connectivity index (χ1n) is 7.97. The Bertz CT molecular complexity index is 838. The van der Waals surface area contributed by atoms with Crippen molar-refractivity contribution in [2.45, 2.75) is 11.6 Å². The van der Waals surface area contributed by atoms with Crippen molar-refractivity contribution >= 4 is 23.7 Å². The van der Waals surface area contributed by atoms with E-state index in [-0.39, 0.29) is 6.42 Å². The Morgan fingerprint density at radius 2 is 1.62 bits per heavy atom. The number of hydrogen-bond acceptors (Lipinski definition) is 5. The van der Waals surface area contributed by atoms with Gasteiger partial charge in [0.05, 0.1) is 0 Å². The van der Waals surface area contributed by atoms with Gasteiger partial charge in [-0.25, -0.2) is 9.78 Å². The maximum Gasteiger partial charge on any atom is 0.318 e. The molecule has 0 fully saturated rings. The zero-order chi connectivity index (χ0) is 18.4. The summed E-state index contributed by atoms with van der Waals surface area (Å²) in [5.74, 6) is 0.672. The Morgan fingerprint density at radius 1 is 1.00 bits per heavy atom. The van der Waals surface area contributed by atoms with Gasteiger partial charge in [0.15, 0.2) is 5.76 Å². The second-order valence-electron chi connectivity index (χ2n) is 5.40. The molecular formula is C19H17N3O3S. The third-order valence-electron chi connectivity index (χ3n) is 3.51. The van der Waals surface area contributed by atoms with Crippen molar-refractivity contribution in [3.8, 4) is 22.6 Å². The molecule has 0 aliphatic heterocycles. The fourth-order valence-electron chi connectivity index (χ4n) is 2.37. The summed E-state index contributed by atoms with van der Waals surface area (Å²) < 4.78 is 5.95. The van der Waals surface area contributed by atoms with Crippen LogP contribution in [0.4, 0.5) is 4.79 Å². The van der Waals surface area contributed by atoms with Gasteiger partial charge in [0.25, 0.3) is 5.22 Å². The van der Waals surface area contributed by atoms with Gasteiger partial charge >= 0.3 is 6.03 Å². The van der Waals surface area contributed by atoms with E-state index >= 15 is 0 Å². The van der Waals surface area contributed by atoms with Crippen LogP contribution in [0.1, 0.15) is 6.42 Å². The lowest BCUT2D eigenvalue weighted by atomic mass is 10.1. The predicted molar refractivity (Wildman–Crippen MR) is 100 cm³/mol. The molecule has 0 saturated carbocycles. The molecule has 26 heavy (non-hydrogen) atoms. The second-order valence-corrected chi connectivity index (χ2v) is 6.45. The van der Waals surface area contributed by atoms with Crippen LogP contribution in [0.5, 0.6) is 0 Å². The lowest BCUT2D eigenvalue weighted by Gasteiger charge is -2.00. The second kappa shape index (κ2) is 8.35. The summed E-state index contributed by atoms with van der Waals surface area (Å²) in [4.78, 5) is 26.7. The van der Waals surface area contributed by atoms with Crippen LogP contribution in [0.3, 0.4) is 0 Å². The SMILES string of the molecule is NC(=O)NC(=O)CCSc1nc(-c2ccccc2)c(-c2ccccc2)o1. The monoisotopic (exact) mass is 367 g/mol. The van der Waals surface area contributed by atoms with Gasteiger partial charge in [-0.3, -0.25) is 10.1 Å². The Labute approximate surface area is 154 Å². The molecule has 2 aromatic carbocycles. The minimum absolute atomic E-state index is 0.136. The smallest absolute Gasteiger partial charge is 0.318 e. The summed E-state index contributed by atoms with van der Waals surface area (Å²) in [5, 5.41) is 2.50. The molecule has 3 N–H and O–H groups in total. The molecule has 6 nitrogen and oxygen atoms in total. The quantitative estimate of drug-likeness (QED) is 0.648. The number of urea groups is 1. The van der Waals surface area contributed by atoms with Gasteiger partial charge in [-0.05, 0) is 0 Å². The van der Waals surface area contributed by atoms with Gasteiger partial charge < -0.3 is 10.2 Å². The minimum Gasteiger partial charge on any atom is -0.431 e. The van der Waals surface area contributed by atoms with Crippen molar-refractivity contribution in [2.75, 3.05) is 5.75 Å². The van der Waals surface area contributed by atoms with E-state index in [1.165, 1.54) is 11.8 Å². The highest BCUT2D eigenvalue weighted by Gasteiger charge is 2.17. The van der Waals surface area contributed by atoms with E-state index in [4.69, 9.17) is 10.2 Å². The van der Waals surface area contributed by atoms with Gasteiger partial charge in [-0.1, -0.05) is 72.4 Å². The summed E-state index contributed by atoms with van der Waals surface area (Å²) in [6, 6.07) is 18.7. The first-order valence-corrected chi connectivity index (χ1v) is 8.96. The Morgan fingerprint density at radius 3 is 2.23 bits per heavy atom. The average molecular weight is 367 g/mol. The van der Waals surface area contributed by atoms with E-state index in [2.05, 4.69) is 4.98 Å². The first-order chi connectivity index (χ1) is 12.6. The van der Waals surface area contributed by atoms with Gasteiger partial charge in [0, 0.05) is 23.3 Å². The Kier molecular flexibility index (Phi) is 5.70. The number of carbonyl (C=O) groups excluding carboxylic acids is 2. The lowest BCUT2D eigenvalue weighted by Crippen LogP contribution is -2.35. The third-order valence-corrected chi connectivity index (χ3v) is 4.34. The highest BCUT2D eigenvalue weighted by Crippen LogP contribution is 2.35. The van der Waals surface area contributed by atoms with Crippen molar-refractivity contribution in [2.24, 2.45) is 5.73 Å². The van der Waals surface area contributed by atoms with Crippen LogP contribution in [0.25, 0.3) is 22.6 Å². The number of oxazole rings is 1. The molecule has 0 atom stereocenters. The molecule has 0 radical (unpaired) electrons. The van der Waals surface area contributed by atoms with E-state index in [1.54, 1.807) is 0 Å². The largest absolute Gasteiger partial charge is 0.431 e. The van der Waals surface area contributed by atoms with Crippen molar-refractivity contribution < 1.29 is 14.0 Å². The number of imide groups is 1. The molecule has 3 aromatic rings. The normalized spacial score (nSPS) is 10.5. The molecule has 0 spiro atoms. The average Bonchev–Trinajstić information content (AvgIpc) is 3.07. The van der Waals surface area contributed by atoms with Crippen LogP contribution >= 0.6 is 11.8 Å². The summed E-state index contributed by atoms with van der Waals surface area (Å²) in [7, 11) is 0. The van der Waals surface area contributed by atoms with Crippen molar-refractivity contribution in [1.29, 1.82) is 0 Å². The molecular weight excluding hydrogens is 350 g/mol. The van der Waals surface area contributed by atoms with Gasteiger partial charge in [-0.15, -0.1) is 0 Å². The fraction of sp³-hybridized carbons (Fsp3) is 0.105. The van der Waals surface area contributed by atoms with Crippen LogP contribution in [0.2, 0.25) is 0 Å². The van der Waals surface area contributed by atoms with Crippen LogP contribution < -0.4 is 11.1 Å². The standard InChI is InChI=1S/C19H17N3O3S/c20-18(24)21-15(23)11-12-26-19-22-16(13-7-3-1-4-8-13)17(25-19)14-9-5-2-6-10-14/h1-10H,11-12H2,(H3,20,21,23,24). The number of nitrogens with one attached hydrogen (secondary N) is 1. The van der Waals surface area contributed by atoms with E-state index in [0.29, 0.717) is 16.7 Å². The van der Waals surface area contributed by atoms with Crippen molar-refractivity contribution in [1.82, 2.24) is 10.3 Å². The minimum atomic E-state index is -0.853. The van der Waals surface area contributed by atoms with E-state index < -0.39 is 11.9 Å². The maximum absolute atomic E-state index is 11.5.